The van der Waals surface area contributed by atoms with Gasteiger partial charge in [-0.3, -0.25) is 9.59 Å². The van der Waals surface area contributed by atoms with E-state index in [1.54, 1.807) is 28.8 Å². The highest BCUT2D eigenvalue weighted by Gasteiger charge is 2.19. The molecule has 156 valence electrons. The summed E-state index contributed by atoms with van der Waals surface area (Å²) in [6, 6.07) is 16.0. The Hall–Kier alpha value is -2.84. The number of carbonyl (C=O) groups is 2. The van der Waals surface area contributed by atoms with E-state index >= 15 is 0 Å². The van der Waals surface area contributed by atoms with Crippen molar-refractivity contribution < 1.29 is 9.59 Å². The summed E-state index contributed by atoms with van der Waals surface area (Å²) < 4.78 is 1.78. The Morgan fingerprint density at radius 2 is 1.80 bits per heavy atom. The van der Waals surface area contributed by atoms with Crippen molar-refractivity contribution in [3.63, 3.8) is 0 Å². The fraction of sp³-hybridized carbons (Fsp3) is 0.238. The van der Waals surface area contributed by atoms with E-state index in [1.165, 1.54) is 11.8 Å². The van der Waals surface area contributed by atoms with Gasteiger partial charge in [0.15, 0.2) is 11.0 Å². The second-order valence-electron chi connectivity index (χ2n) is 6.65. The van der Waals surface area contributed by atoms with Crippen LogP contribution in [0.4, 0.5) is 0 Å². The topological polar surface area (TPSA) is 88.9 Å². The van der Waals surface area contributed by atoms with E-state index in [4.69, 9.17) is 11.6 Å². The van der Waals surface area contributed by atoms with Crippen LogP contribution in [-0.2, 0) is 18.4 Å². The lowest BCUT2D eigenvalue weighted by atomic mass is 10.2. The summed E-state index contributed by atoms with van der Waals surface area (Å²) >= 11 is 7.16. The van der Waals surface area contributed by atoms with Crippen molar-refractivity contribution in [3.05, 3.63) is 76.6 Å². The van der Waals surface area contributed by atoms with E-state index in [-0.39, 0.29) is 23.6 Å². The molecule has 2 aromatic carbocycles. The molecular weight excluding hydrogens is 422 g/mol. The number of nitrogens with zero attached hydrogens (tertiary/aromatic N) is 3. The third-order valence-electron chi connectivity index (χ3n) is 4.37. The average Bonchev–Trinajstić information content (AvgIpc) is 3.12. The Balaban J connectivity index is 1.52. The molecule has 0 bridgehead atoms. The normalized spacial score (nSPS) is 11.7. The molecule has 1 atom stereocenters. The summed E-state index contributed by atoms with van der Waals surface area (Å²) in [4.78, 5) is 24.5. The van der Waals surface area contributed by atoms with Gasteiger partial charge in [-0.15, -0.1) is 10.2 Å². The van der Waals surface area contributed by atoms with Gasteiger partial charge in [0.25, 0.3) is 5.91 Å². The van der Waals surface area contributed by atoms with Crippen LogP contribution < -0.4 is 10.6 Å². The van der Waals surface area contributed by atoms with E-state index in [0.29, 0.717) is 28.1 Å². The quantitative estimate of drug-likeness (QED) is 0.521. The first-order chi connectivity index (χ1) is 14.4. The molecule has 1 aromatic heterocycles. The highest BCUT2D eigenvalue weighted by Crippen LogP contribution is 2.19. The van der Waals surface area contributed by atoms with Gasteiger partial charge in [0, 0.05) is 24.2 Å². The van der Waals surface area contributed by atoms with Gasteiger partial charge in [0.1, 0.15) is 0 Å². The molecule has 3 rings (SSSR count). The van der Waals surface area contributed by atoms with Gasteiger partial charge >= 0.3 is 0 Å². The number of hydrogen-bond acceptors (Lipinski definition) is 5. The molecule has 30 heavy (non-hydrogen) atoms. The number of rotatable bonds is 8. The summed E-state index contributed by atoms with van der Waals surface area (Å²) in [6.45, 7) is 2.32. The van der Waals surface area contributed by atoms with Gasteiger partial charge in [0.2, 0.25) is 5.91 Å². The number of amides is 2. The molecule has 0 aliphatic heterocycles. The molecule has 1 heterocycles. The van der Waals surface area contributed by atoms with Gasteiger partial charge in [-0.1, -0.05) is 53.7 Å². The lowest BCUT2D eigenvalue weighted by Gasteiger charge is -2.13. The molecule has 0 fully saturated rings. The van der Waals surface area contributed by atoms with E-state index < -0.39 is 0 Å². The van der Waals surface area contributed by atoms with Crippen LogP contribution in [0.1, 0.15) is 34.7 Å². The molecular formula is C21H22ClN5O2S. The van der Waals surface area contributed by atoms with Gasteiger partial charge in [-0.25, -0.2) is 0 Å². The monoisotopic (exact) mass is 443 g/mol. The zero-order valence-corrected chi connectivity index (χ0v) is 18.2. The Labute approximate surface area is 184 Å². The van der Waals surface area contributed by atoms with Crippen LogP contribution in [0, 0.1) is 0 Å². The maximum atomic E-state index is 12.4. The zero-order valence-electron chi connectivity index (χ0n) is 16.6. The van der Waals surface area contributed by atoms with E-state index in [0.717, 1.165) is 5.56 Å². The Bertz CT molecular complexity index is 1010. The van der Waals surface area contributed by atoms with Crippen LogP contribution >= 0.6 is 23.4 Å². The standard InChI is InChI=1S/C21H22ClN5O2S/c1-14(24-20(29)16-8-10-17(22)11-9-16)19-25-26-21(27(19)2)30-13-18(28)23-12-15-6-4-3-5-7-15/h3-11,14H,12-13H2,1-2H3,(H,23,28)(H,24,29)/t14-/m1/s1. The molecule has 0 radical (unpaired) electrons. The molecule has 2 N–H and O–H groups in total. The van der Waals surface area contributed by atoms with Crippen LogP contribution in [0.3, 0.4) is 0 Å². The lowest BCUT2D eigenvalue weighted by molar-refractivity contribution is -0.118. The molecule has 0 aliphatic rings. The van der Waals surface area contributed by atoms with Crippen molar-refractivity contribution in [1.82, 2.24) is 25.4 Å². The minimum atomic E-state index is -0.355. The Morgan fingerprint density at radius 3 is 2.50 bits per heavy atom. The number of thioether (sulfide) groups is 1. The molecule has 7 nitrogen and oxygen atoms in total. The predicted molar refractivity (Wildman–Crippen MR) is 117 cm³/mol. The average molecular weight is 444 g/mol. The molecule has 0 spiro atoms. The van der Waals surface area contributed by atoms with E-state index in [9.17, 15) is 9.59 Å². The fourth-order valence-corrected chi connectivity index (χ4v) is 3.63. The highest BCUT2D eigenvalue weighted by atomic mass is 35.5. The predicted octanol–water partition coefficient (Wildman–Crippen LogP) is 3.37. The SMILES string of the molecule is C[C@@H](NC(=O)c1ccc(Cl)cc1)c1nnc(SCC(=O)NCc2ccccc2)n1C. The fourth-order valence-electron chi connectivity index (χ4n) is 2.75. The summed E-state index contributed by atoms with van der Waals surface area (Å²) in [5.74, 6) is 0.517. The molecule has 0 unspecified atom stereocenters. The van der Waals surface area contributed by atoms with Crippen molar-refractivity contribution in [2.24, 2.45) is 7.05 Å². The van der Waals surface area contributed by atoms with Crippen molar-refractivity contribution in [3.8, 4) is 0 Å². The smallest absolute Gasteiger partial charge is 0.251 e. The summed E-state index contributed by atoms with van der Waals surface area (Å²) in [5, 5.41) is 15.3. The van der Waals surface area contributed by atoms with Crippen LogP contribution in [0.5, 0.6) is 0 Å². The summed E-state index contributed by atoms with van der Waals surface area (Å²) in [6.07, 6.45) is 0. The lowest BCUT2D eigenvalue weighted by Crippen LogP contribution is -2.28. The second kappa shape index (κ2) is 10.3. The van der Waals surface area contributed by atoms with Crippen LogP contribution in [0.25, 0.3) is 0 Å². The minimum absolute atomic E-state index is 0.0857. The third-order valence-corrected chi connectivity index (χ3v) is 5.65. The Morgan fingerprint density at radius 1 is 1.10 bits per heavy atom. The molecule has 3 aromatic rings. The number of aromatic nitrogens is 3. The van der Waals surface area contributed by atoms with E-state index in [2.05, 4.69) is 20.8 Å². The number of halogens is 1. The first-order valence-electron chi connectivity index (χ1n) is 9.33. The molecule has 0 saturated heterocycles. The molecule has 2 amide bonds. The van der Waals surface area contributed by atoms with Gasteiger partial charge in [-0.05, 0) is 36.8 Å². The minimum Gasteiger partial charge on any atom is -0.351 e. The molecule has 0 saturated carbocycles. The van der Waals surface area contributed by atoms with Crippen molar-refractivity contribution in [1.29, 1.82) is 0 Å². The summed E-state index contributed by atoms with van der Waals surface area (Å²) in [7, 11) is 1.81. The van der Waals surface area contributed by atoms with Crippen LogP contribution in [-0.4, -0.2) is 32.3 Å². The van der Waals surface area contributed by atoms with Crippen LogP contribution in [0.2, 0.25) is 5.02 Å². The molecule has 0 aliphatic carbocycles. The van der Waals surface area contributed by atoms with Crippen LogP contribution in [0.15, 0.2) is 59.8 Å². The zero-order chi connectivity index (χ0) is 21.5. The van der Waals surface area contributed by atoms with Gasteiger partial charge in [0.05, 0.1) is 11.8 Å². The number of carbonyl (C=O) groups excluding carboxylic acids is 2. The number of hydrogen-bond donors (Lipinski definition) is 2. The molecule has 9 heteroatoms. The maximum absolute atomic E-state index is 12.4. The van der Waals surface area contributed by atoms with Gasteiger partial charge in [-0.2, -0.15) is 0 Å². The highest BCUT2D eigenvalue weighted by molar-refractivity contribution is 7.99. The third kappa shape index (κ3) is 5.84. The number of benzene rings is 2. The number of nitrogens with one attached hydrogen (secondary N) is 2. The first kappa shape index (κ1) is 21.9. The summed E-state index contributed by atoms with van der Waals surface area (Å²) in [5.41, 5.74) is 1.56. The van der Waals surface area contributed by atoms with Crippen molar-refractivity contribution >= 4 is 35.2 Å². The van der Waals surface area contributed by atoms with Crippen molar-refractivity contribution in [2.45, 2.75) is 24.7 Å². The van der Waals surface area contributed by atoms with E-state index in [1.807, 2.05) is 44.3 Å². The maximum Gasteiger partial charge on any atom is 0.251 e. The Kier molecular flexibility index (Phi) is 7.48. The first-order valence-corrected chi connectivity index (χ1v) is 10.7. The largest absolute Gasteiger partial charge is 0.351 e. The van der Waals surface area contributed by atoms with Crippen molar-refractivity contribution in [2.75, 3.05) is 5.75 Å². The van der Waals surface area contributed by atoms with Gasteiger partial charge < -0.3 is 15.2 Å². The second-order valence-corrected chi connectivity index (χ2v) is 8.03.